The van der Waals surface area contributed by atoms with Crippen molar-refractivity contribution in [2.75, 3.05) is 13.2 Å². The van der Waals surface area contributed by atoms with Gasteiger partial charge in [-0.3, -0.25) is 5.41 Å². The first-order chi connectivity index (χ1) is 10.1. The summed E-state index contributed by atoms with van der Waals surface area (Å²) in [6, 6.07) is -0.159. The van der Waals surface area contributed by atoms with Gasteiger partial charge in [-0.15, -0.1) is 0 Å². The van der Waals surface area contributed by atoms with E-state index in [1.54, 1.807) is 27.7 Å². The van der Waals surface area contributed by atoms with Crippen molar-refractivity contribution in [1.29, 1.82) is 5.41 Å². The molecule has 0 spiro atoms. The van der Waals surface area contributed by atoms with Gasteiger partial charge in [0, 0.05) is 23.7 Å². The van der Waals surface area contributed by atoms with Crippen molar-refractivity contribution in [3.05, 3.63) is 11.3 Å². The van der Waals surface area contributed by atoms with Crippen molar-refractivity contribution < 1.29 is 19.1 Å². The van der Waals surface area contributed by atoms with Gasteiger partial charge < -0.3 is 20.1 Å². The van der Waals surface area contributed by atoms with Crippen LogP contribution in [0.1, 0.15) is 41.0 Å². The van der Waals surface area contributed by atoms with Crippen LogP contribution in [0.4, 0.5) is 4.79 Å². The molecule has 0 aromatic carbocycles. The van der Waals surface area contributed by atoms with Gasteiger partial charge in [0.1, 0.15) is 11.3 Å². The Morgan fingerprint density at radius 1 is 1.41 bits per heavy atom. The van der Waals surface area contributed by atoms with Crippen LogP contribution in [0.3, 0.4) is 0 Å². The van der Waals surface area contributed by atoms with Gasteiger partial charge in [-0.05, 0) is 34.6 Å². The van der Waals surface area contributed by atoms with Crippen molar-refractivity contribution in [2.45, 2.75) is 52.7 Å². The highest BCUT2D eigenvalue weighted by Gasteiger charge is 2.33. The Morgan fingerprint density at radius 2 is 2.00 bits per heavy atom. The molecular weight excluding hydrogens is 286 g/mol. The van der Waals surface area contributed by atoms with Gasteiger partial charge in [0.15, 0.2) is 0 Å². The molecule has 0 aromatic rings. The van der Waals surface area contributed by atoms with Crippen molar-refractivity contribution in [2.24, 2.45) is 5.73 Å². The zero-order valence-electron chi connectivity index (χ0n) is 13.9. The number of carbonyl (C=O) groups is 2. The standard InChI is InChI=1S/C15H25N3O4/c1-6-21-13(19)12(17)10-8-18(9(2)7-11(10)16)14(20)22-15(3,4)5/h9,17H,6-8,16H2,1-5H3/t9-/m1/s1. The third-order valence-corrected chi connectivity index (χ3v) is 3.17. The van der Waals surface area contributed by atoms with E-state index in [4.69, 9.17) is 20.6 Å². The molecule has 0 aromatic heterocycles. The van der Waals surface area contributed by atoms with E-state index in [1.165, 1.54) is 4.90 Å². The van der Waals surface area contributed by atoms with Gasteiger partial charge in [0.25, 0.3) is 0 Å². The van der Waals surface area contributed by atoms with Crippen LogP contribution in [0.15, 0.2) is 11.3 Å². The highest BCUT2D eigenvalue weighted by Crippen LogP contribution is 2.23. The molecule has 1 aliphatic heterocycles. The summed E-state index contributed by atoms with van der Waals surface area (Å²) in [5.74, 6) is -0.737. The molecule has 1 aliphatic rings. The Balaban J connectivity index is 2.93. The van der Waals surface area contributed by atoms with Crippen molar-refractivity contribution >= 4 is 17.8 Å². The van der Waals surface area contributed by atoms with Gasteiger partial charge in [-0.25, -0.2) is 9.59 Å². The number of nitrogens with two attached hydrogens (primary N) is 1. The SMILES string of the molecule is CCOC(=O)C(=N)C1=C(N)C[C@@H](C)N(C(=O)OC(C)(C)C)C1. The second kappa shape index (κ2) is 6.81. The average molecular weight is 311 g/mol. The number of hydrogen-bond acceptors (Lipinski definition) is 6. The number of amides is 1. The molecule has 1 atom stereocenters. The van der Waals surface area contributed by atoms with Crippen LogP contribution in [-0.4, -0.2) is 47.5 Å². The van der Waals surface area contributed by atoms with Crippen LogP contribution in [0.5, 0.6) is 0 Å². The molecule has 1 amide bonds. The zero-order chi connectivity index (χ0) is 17.1. The predicted octanol–water partition coefficient (Wildman–Crippen LogP) is 1.81. The number of carbonyl (C=O) groups excluding carboxylic acids is 2. The lowest BCUT2D eigenvalue weighted by Gasteiger charge is -2.36. The van der Waals surface area contributed by atoms with E-state index in [-0.39, 0.29) is 24.9 Å². The zero-order valence-corrected chi connectivity index (χ0v) is 13.9. The quantitative estimate of drug-likeness (QED) is 0.611. The van der Waals surface area contributed by atoms with Crippen LogP contribution in [0.2, 0.25) is 0 Å². The van der Waals surface area contributed by atoms with E-state index in [1.807, 2.05) is 6.92 Å². The summed E-state index contributed by atoms with van der Waals surface area (Å²) in [6.45, 7) is 9.11. The fraction of sp³-hybridized carbons (Fsp3) is 0.667. The van der Waals surface area contributed by atoms with Crippen LogP contribution >= 0.6 is 0 Å². The molecule has 0 unspecified atom stereocenters. The lowest BCUT2D eigenvalue weighted by atomic mass is 9.97. The van der Waals surface area contributed by atoms with Gasteiger partial charge in [0.05, 0.1) is 13.2 Å². The molecule has 0 bridgehead atoms. The minimum Gasteiger partial charge on any atom is -0.461 e. The monoisotopic (exact) mass is 311 g/mol. The second-order valence-corrected chi connectivity index (χ2v) is 6.26. The van der Waals surface area contributed by atoms with E-state index in [9.17, 15) is 9.59 Å². The summed E-state index contributed by atoms with van der Waals surface area (Å²) >= 11 is 0. The minimum atomic E-state index is -0.737. The molecule has 7 heteroatoms. The number of rotatable bonds is 3. The maximum Gasteiger partial charge on any atom is 0.410 e. The Bertz CT molecular complexity index is 505. The smallest absolute Gasteiger partial charge is 0.410 e. The highest BCUT2D eigenvalue weighted by molar-refractivity contribution is 6.42. The summed E-state index contributed by atoms with van der Waals surface area (Å²) in [7, 11) is 0. The Morgan fingerprint density at radius 3 is 2.50 bits per heavy atom. The summed E-state index contributed by atoms with van der Waals surface area (Å²) in [6.07, 6.45) is -0.0993. The Hall–Kier alpha value is -2.05. The summed E-state index contributed by atoms with van der Waals surface area (Å²) < 4.78 is 10.2. The van der Waals surface area contributed by atoms with Gasteiger partial charge >= 0.3 is 12.1 Å². The van der Waals surface area contributed by atoms with Crippen molar-refractivity contribution in [3.8, 4) is 0 Å². The van der Waals surface area contributed by atoms with Gasteiger partial charge in [-0.1, -0.05) is 0 Å². The molecule has 1 rings (SSSR count). The van der Waals surface area contributed by atoms with E-state index in [0.717, 1.165) is 0 Å². The van der Waals surface area contributed by atoms with Crippen molar-refractivity contribution in [1.82, 2.24) is 4.90 Å². The lowest BCUT2D eigenvalue weighted by molar-refractivity contribution is -0.135. The maximum absolute atomic E-state index is 12.2. The molecule has 0 radical (unpaired) electrons. The predicted molar refractivity (Wildman–Crippen MR) is 82.6 cm³/mol. The fourth-order valence-corrected chi connectivity index (χ4v) is 2.11. The van der Waals surface area contributed by atoms with E-state index in [0.29, 0.717) is 17.7 Å². The largest absolute Gasteiger partial charge is 0.461 e. The van der Waals surface area contributed by atoms with Crippen LogP contribution in [0.25, 0.3) is 0 Å². The van der Waals surface area contributed by atoms with Gasteiger partial charge in [0.2, 0.25) is 0 Å². The Labute approximate surface area is 130 Å². The van der Waals surface area contributed by atoms with Gasteiger partial charge in [-0.2, -0.15) is 0 Å². The number of ether oxygens (including phenoxy) is 2. The average Bonchev–Trinajstić information content (AvgIpc) is 2.36. The van der Waals surface area contributed by atoms with E-state index >= 15 is 0 Å². The fourth-order valence-electron chi connectivity index (χ4n) is 2.11. The molecule has 0 fully saturated rings. The molecule has 22 heavy (non-hydrogen) atoms. The summed E-state index contributed by atoms with van der Waals surface area (Å²) in [4.78, 5) is 25.4. The molecule has 3 N–H and O–H groups in total. The minimum absolute atomic E-state index is 0.0690. The summed E-state index contributed by atoms with van der Waals surface area (Å²) in [5, 5.41) is 7.91. The molecule has 0 saturated carbocycles. The molecular formula is C15H25N3O4. The molecule has 124 valence electrons. The first-order valence-corrected chi connectivity index (χ1v) is 7.30. The normalized spacial score (nSPS) is 19.0. The van der Waals surface area contributed by atoms with Crippen LogP contribution < -0.4 is 5.73 Å². The third kappa shape index (κ3) is 4.47. The molecule has 1 heterocycles. The van der Waals surface area contributed by atoms with Crippen LogP contribution in [-0.2, 0) is 14.3 Å². The molecule has 7 nitrogen and oxygen atoms in total. The summed E-state index contributed by atoms with van der Waals surface area (Å²) in [5.41, 5.74) is 5.78. The number of esters is 1. The maximum atomic E-state index is 12.2. The van der Waals surface area contributed by atoms with Crippen LogP contribution in [0, 0.1) is 5.41 Å². The number of nitrogens with zero attached hydrogens (tertiary/aromatic N) is 1. The first-order valence-electron chi connectivity index (χ1n) is 7.30. The second-order valence-electron chi connectivity index (χ2n) is 6.26. The highest BCUT2D eigenvalue weighted by atomic mass is 16.6. The third-order valence-electron chi connectivity index (χ3n) is 3.17. The Kier molecular flexibility index (Phi) is 5.57. The number of hydrogen-bond donors (Lipinski definition) is 2. The van der Waals surface area contributed by atoms with E-state index < -0.39 is 17.7 Å². The topological polar surface area (TPSA) is 106 Å². The first kappa shape index (κ1) is 18.0. The van der Waals surface area contributed by atoms with E-state index in [2.05, 4.69) is 0 Å². The lowest BCUT2D eigenvalue weighted by Crippen LogP contribution is -2.48. The van der Waals surface area contributed by atoms with Crippen molar-refractivity contribution in [3.63, 3.8) is 0 Å². The molecule has 0 aliphatic carbocycles. The number of nitrogens with one attached hydrogen (secondary N) is 1. The molecule has 0 saturated heterocycles.